The van der Waals surface area contributed by atoms with Crippen molar-refractivity contribution in [2.24, 2.45) is 0 Å². The number of anilines is 2. The van der Waals surface area contributed by atoms with Crippen LogP contribution < -0.4 is 10.2 Å². The van der Waals surface area contributed by atoms with E-state index in [4.69, 9.17) is 9.97 Å². The monoisotopic (exact) mass is 442 g/mol. The number of rotatable bonds is 5. The van der Waals surface area contributed by atoms with Gasteiger partial charge in [0.2, 0.25) is 0 Å². The van der Waals surface area contributed by atoms with E-state index in [9.17, 15) is 0 Å². The minimum Gasteiger partial charge on any atom is -0.359 e. The Hall–Kier alpha value is -1.77. The van der Waals surface area contributed by atoms with Gasteiger partial charge in [-0.15, -0.1) is 22.7 Å². The predicted molar refractivity (Wildman–Crippen MR) is 127 cm³/mol. The first-order valence-electron chi connectivity index (χ1n) is 11.0. The number of thiazole rings is 1. The number of likely N-dealkylation sites (tertiary alicyclic amines) is 1. The summed E-state index contributed by atoms with van der Waals surface area (Å²) >= 11 is 3.52. The smallest absolute Gasteiger partial charge is 0.183 e. The molecule has 30 heavy (non-hydrogen) atoms. The van der Waals surface area contributed by atoms with Crippen LogP contribution in [0.5, 0.6) is 0 Å². The number of thiophene rings is 1. The zero-order valence-corrected chi connectivity index (χ0v) is 19.7. The summed E-state index contributed by atoms with van der Waals surface area (Å²) in [5.41, 5.74) is 2.44. The Morgan fingerprint density at radius 3 is 2.50 bits per heavy atom. The molecule has 3 aromatic rings. The molecule has 2 fully saturated rings. The molecule has 5 rings (SSSR count). The number of nitrogens with one attached hydrogen (secondary N) is 1. The van der Waals surface area contributed by atoms with Crippen LogP contribution in [0.15, 0.2) is 5.38 Å². The number of piperidine rings is 1. The van der Waals surface area contributed by atoms with Crippen LogP contribution in [0.4, 0.5) is 10.9 Å². The van der Waals surface area contributed by atoms with Crippen LogP contribution in [0.1, 0.15) is 47.6 Å². The molecule has 0 radical (unpaired) electrons. The van der Waals surface area contributed by atoms with E-state index in [1.807, 2.05) is 11.3 Å². The highest BCUT2D eigenvalue weighted by Crippen LogP contribution is 2.36. The van der Waals surface area contributed by atoms with Gasteiger partial charge < -0.3 is 10.2 Å². The summed E-state index contributed by atoms with van der Waals surface area (Å²) in [6.45, 7) is 11.7. The van der Waals surface area contributed by atoms with E-state index in [2.05, 4.69) is 46.3 Å². The SMILES string of the molecule is Cc1csc(NC2CCN(c3nc(CN4CCCC4)nc4sc(C)c(C)c34)CC2)n1. The van der Waals surface area contributed by atoms with E-state index in [1.54, 1.807) is 11.3 Å². The van der Waals surface area contributed by atoms with E-state index in [1.165, 1.54) is 41.8 Å². The van der Waals surface area contributed by atoms with E-state index >= 15 is 0 Å². The Labute approximate surface area is 186 Å². The van der Waals surface area contributed by atoms with E-state index < -0.39 is 0 Å². The Morgan fingerprint density at radius 1 is 1.03 bits per heavy atom. The van der Waals surface area contributed by atoms with Crippen molar-refractivity contribution in [3.05, 3.63) is 27.3 Å². The second-order valence-corrected chi connectivity index (χ2v) is 10.7. The van der Waals surface area contributed by atoms with Crippen LogP contribution >= 0.6 is 22.7 Å². The van der Waals surface area contributed by atoms with Gasteiger partial charge in [0.1, 0.15) is 16.5 Å². The fourth-order valence-corrected chi connectivity index (χ4v) is 6.35. The second kappa shape index (κ2) is 8.40. The average molecular weight is 443 g/mol. The summed E-state index contributed by atoms with van der Waals surface area (Å²) in [6, 6.07) is 0.485. The molecule has 0 atom stereocenters. The van der Waals surface area contributed by atoms with Gasteiger partial charge in [-0.05, 0) is 65.1 Å². The molecule has 0 saturated carbocycles. The van der Waals surface area contributed by atoms with Gasteiger partial charge in [-0.25, -0.2) is 15.0 Å². The molecule has 2 saturated heterocycles. The zero-order chi connectivity index (χ0) is 20.7. The first-order chi connectivity index (χ1) is 14.6. The number of nitrogens with zero attached hydrogens (tertiary/aromatic N) is 5. The maximum Gasteiger partial charge on any atom is 0.183 e. The number of hydrogen-bond donors (Lipinski definition) is 1. The summed E-state index contributed by atoms with van der Waals surface area (Å²) in [5, 5.41) is 8.06. The van der Waals surface area contributed by atoms with Crippen LogP contribution in [0.25, 0.3) is 10.2 Å². The third-order valence-electron chi connectivity index (χ3n) is 6.36. The van der Waals surface area contributed by atoms with Crippen molar-refractivity contribution in [1.29, 1.82) is 0 Å². The van der Waals surface area contributed by atoms with E-state index in [-0.39, 0.29) is 0 Å². The molecule has 0 unspecified atom stereocenters. The van der Waals surface area contributed by atoms with E-state index in [0.29, 0.717) is 6.04 Å². The van der Waals surface area contributed by atoms with Crippen LogP contribution in [-0.2, 0) is 6.54 Å². The van der Waals surface area contributed by atoms with Gasteiger partial charge in [-0.1, -0.05) is 0 Å². The standard InChI is InChI=1S/C22H30N6S2/c1-14-13-29-22(23-14)24-17-6-10-28(11-7-17)20-19-15(2)16(3)30-21(19)26-18(25-20)12-27-8-4-5-9-27/h13,17H,4-12H2,1-3H3,(H,23,24). The van der Waals surface area contributed by atoms with Gasteiger partial charge in [0.05, 0.1) is 17.6 Å². The van der Waals surface area contributed by atoms with Crippen molar-refractivity contribution in [1.82, 2.24) is 19.9 Å². The van der Waals surface area contributed by atoms with Gasteiger partial charge in [0, 0.05) is 29.4 Å². The van der Waals surface area contributed by atoms with Gasteiger partial charge in [-0.3, -0.25) is 4.90 Å². The fourth-order valence-electron chi connectivity index (χ4n) is 4.54. The third kappa shape index (κ3) is 4.05. The number of hydrogen-bond acceptors (Lipinski definition) is 8. The lowest BCUT2D eigenvalue weighted by molar-refractivity contribution is 0.323. The van der Waals surface area contributed by atoms with Gasteiger partial charge >= 0.3 is 0 Å². The van der Waals surface area contributed by atoms with Crippen molar-refractivity contribution in [2.75, 3.05) is 36.4 Å². The van der Waals surface area contributed by atoms with Crippen molar-refractivity contribution >= 4 is 43.8 Å². The molecule has 0 amide bonds. The van der Waals surface area contributed by atoms with Crippen molar-refractivity contribution < 1.29 is 0 Å². The largest absolute Gasteiger partial charge is 0.359 e. The lowest BCUT2D eigenvalue weighted by atomic mass is 10.0. The van der Waals surface area contributed by atoms with Crippen LogP contribution in [-0.4, -0.2) is 52.1 Å². The van der Waals surface area contributed by atoms with Gasteiger partial charge in [0.15, 0.2) is 5.13 Å². The molecule has 6 nitrogen and oxygen atoms in total. The Balaban J connectivity index is 1.37. The molecule has 3 aromatic heterocycles. The Bertz CT molecular complexity index is 1030. The molecule has 0 spiro atoms. The Kier molecular flexibility index (Phi) is 5.64. The summed E-state index contributed by atoms with van der Waals surface area (Å²) in [7, 11) is 0. The molecular formula is C22H30N6S2. The number of aromatic nitrogens is 3. The highest BCUT2D eigenvalue weighted by Gasteiger charge is 2.25. The average Bonchev–Trinajstić information content (AvgIpc) is 3.45. The lowest BCUT2D eigenvalue weighted by Crippen LogP contribution is -2.39. The van der Waals surface area contributed by atoms with Crippen LogP contribution in [0.3, 0.4) is 0 Å². The summed E-state index contributed by atoms with van der Waals surface area (Å²) in [5.74, 6) is 2.14. The first-order valence-corrected chi connectivity index (χ1v) is 12.7. The minimum atomic E-state index is 0.485. The topological polar surface area (TPSA) is 57.2 Å². The molecular weight excluding hydrogens is 412 g/mol. The maximum absolute atomic E-state index is 5.12. The molecule has 160 valence electrons. The lowest BCUT2D eigenvalue weighted by Gasteiger charge is -2.33. The summed E-state index contributed by atoms with van der Waals surface area (Å²) in [6.07, 6.45) is 4.80. The van der Waals surface area contributed by atoms with E-state index in [0.717, 1.165) is 59.8 Å². The highest BCUT2D eigenvalue weighted by atomic mass is 32.1. The molecule has 1 N–H and O–H groups in total. The van der Waals surface area contributed by atoms with Crippen LogP contribution in [0.2, 0.25) is 0 Å². The summed E-state index contributed by atoms with van der Waals surface area (Å²) < 4.78 is 0. The molecule has 0 aliphatic carbocycles. The van der Waals surface area contributed by atoms with Crippen molar-refractivity contribution in [3.63, 3.8) is 0 Å². The molecule has 0 bridgehead atoms. The minimum absolute atomic E-state index is 0.485. The molecule has 2 aliphatic rings. The first kappa shape index (κ1) is 20.2. The maximum atomic E-state index is 5.12. The van der Waals surface area contributed by atoms with Crippen molar-refractivity contribution in [3.8, 4) is 0 Å². The second-order valence-electron chi connectivity index (χ2n) is 8.61. The van der Waals surface area contributed by atoms with Crippen molar-refractivity contribution in [2.45, 2.75) is 59.0 Å². The highest BCUT2D eigenvalue weighted by molar-refractivity contribution is 7.18. The number of aryl methyl sites for hydroxylation is 3. The van der Waals surface area contributed by atoms with Gasteiger partial charge in [0.25, 0.3) is 0 Å². The quantitative estimate of drug-likeness (QED) is 0.615. The molecule has 5 heterocycles. The zero-order valence-electron chi connectivity index (χ0n) is 18.1. The molecule has 0 aromatic carbocycles. The third-order valence-corrected chi connectivity index (χ3v) is 8.35. The fraction of sp³-hybridized carbons (Fsp3) is 0.591. The van der Waals surface area contributed by atoms with Crippen LogP contribution in [0, 0.1) is 20.8 Å². The predicted octanol–water partition coefficient (Wildman–Crippen LogP) is 4.75. The number of fused-ring (bicyclic) bond motifs is 1. The van der Waals surface area contributed by atoms with Gasteiger partial charge in [-0.2, -0.15) is 0 Å². The Morgan fingerprint density at radius 2 is 1.80 bits per heavy atom. The molecule has 8 heteroatoms. The summed E-state index contributed by atoms with van der Waals surface area (Å²) in [4.78, 5) is 22.1. The normalized spacial score (nSPS) is 18.6. The molecule has 2 aliphatic heterocycles.